The van der Waals surface area contributed by atoms with Crippen LogP contribution < -0.4 is 16.0 Å². The van der Waals surface area contributed by atoms with E-state index >= 15 is 0 Å². The van der Waals surface area contributed by atoms with Crippen LogP contribution in [0.15, 0.2) is 41.5 Å². The fraction of sp³-hybridized carbons (Fsp3) is 0.278. The zero-order chi connectivity index (χ0) is 19.6. The number of carbonyl (C=O) groups excluding carboxylic acids is 1. The lowest BCUT2D eigenvalue weighted by atomic mass is 10.2. The number of nitrogens with zero attached hydrogens (tertiary/aromatic N) is 2. The highest BCUT2D eigenvalue weighted by Crippen LogP contribution is 2.19. The van der Waals surface area contributed by atoms with Gasteiger partial charge in [-0.25, -0.2) is 18.2 Å². The average Bonchev–Trinajstić information content (AvgIpc) is 2.67. The first-order chi connectivity index (χ1) is 13.0. The summed E-state index contributed by atoms with van der Waals surface area (Å²) in [6.45, 7) is 2.67. The minimum absolute atomic E-state index is 0. The second kappa shape index (κ2) is 12.2. The standard InChI is InChI=1S/C18H20F3N5O.HI/c1-2-22-18(24-10-8-12-5-3-4-9-23-12)25-11-15(27)26-14-7-6-13(19)16(20)17(14)21;/h3-7,9H,2,8,10-11H2,1H3,(H,26,27)(H2,22,24,25);1H. The first-order valence-electron chi connectivity index (χ1n) is 8.36. The molecule has 0 bridgehead atoms. The van der Waals surface area contributed by atoms with E-state index in [2.05, 4.69) is 25.9 Å². The normalized spacial score (nSPS) is 10.8. The molecule has 2 rings (SSSR count). The molecule has 0 saturated carbocycles. The number of guanidine groups is 1. The Morgan fingerprint density at radius 2 is 1.89 bits per heavy atom. The number of aliphatic imine (C=N–C) groups is 1. The fourth-order valence-electron chi connectivity index (χ4n) is 2.16. The van der Waals surface area contributed by atoms with Crippen LogP contribution in [0.4, 0.5) is 18.9 Å². The van der Waals surface area contributed by atoms with Crippen molar-refractivity contribution < 1.29 is 18.0 Å². The molecule has 0 aliphatic heterocycles. The number of halogens is 4. The van der Waals surface area contributed by atoms with E-state index < -0.39 is 29.0 Å². The Morgan fingerprint density at radius 3 is 2.57 bits per heavy atom. The van der Waals surface area contributed by atoms with E-state index in [4.69, 9.17) is 0 Å². The van der Waals surface area contributed by atoms with Crippen LogP contribution in [0.5, 0.6) is 0 Å². The predicted molar refractivity (Wildman–Crippen MR) is 112 cm³/mol. The molecular formula is C18H21F3IN5O. The van der Waals surface area contributed by atoms with Crippen LogP contribution in [0, 0.1) is 17.5 Å². The van der Waals surface area contributed by atoms with E-state index in [-0.39, 0.29) is 30.5 Å². The van der Waals surface area contributed by atoms with Gasteiger partial charge in [-0.05, 0) is 31.2 Å². The van der Waals surface area contributed by atoms with Crippen LogP contribution in [0.25, 0.3) is 0 Å². The predicted octanol–water partition coefficient (Wildman–Crippen LogP) is 2.85. The highest BCUT2D eigenvalue weighted by Gasteiger charge is 2.15. The molecule has 1 aromatic carbocycles. The number of aromatic nitrogens is 1. The van der Waals surface area contributed by atoms with Crippen molar-refractivity contribution in [3.8, 4) is 0 Å². The number of hydrogen-bond acceptors (Lipinski definition) is 3. The number of hydrogen-bond donors (Lipinski definition) is 3. The van der Waals surface area contributed by atoms with Crippen LogP contribution in [0.1, 0.15) is 12.6 Å². The summed E-state index contributed by atoms with van der Waals surface area (Å²) in [7, 11) is 0. The van der Waals surface area contributed by atoms with Gasteiger partial charge in [-0.15, -0.1) is 24.0 Å². The summed E-state index contributed by atoms with van der Waals surface area (Å²) < 4.78 is 39.7. The van der Waals surface area contributed by atoms with E-state index in [9.17, 15) is 18.0 Å². The van der Waals surface area contributed by atoms with E-state index in [0.717, 1.165) is 17.8 Å². The molecule has 0 spiro atoms. The molecular weight excluding hydrogens is 486 g/mol. The van der Waals surface area contributed by atoms with Gasteiger partial charge in [0.25, 0.3) is 0 Å². The number of carbonyl (C=O) groups is 1. The van der Waals surface area contributed by atoms with Gasteiger partial charge in [0.15, 0.2) is 23.4 Å². The third kappa shape index (κ3) is 7.33. The smallest absolute Gasteiger partial charge is 0.246 e. The number of anilines is 1. The largest absolute Gasteiger partial charge is 0.357 e. The van der Waals surface area contributed by atoms with E-state index in [1.54, 1.807) is 6.20 Å². The van der Waals surface area contributed by atoms with Gasteiger partial charge in [-0.1, -0.05) is 6.07 Å². The first-order valence-corrected chi connectivity index (χ1v) is 8.36. The van der Waals surface area contributed by atoms with Crippen molar-refractivity contribution in [1.29, 1.82) is 0 Å². The summed E-state index contributed by atoms with van der Waals surface area (Å²) in [5.41, 5.74) is 0.467. The zero-order valence-electron chi connectivity index (χ0n) is 15.1. The van der Waals surface area contributed by atoms with Crippen LogP contribution in [-0.4, -0.2) is 36.5 Å². The van der Waals surface area contributed by atoms with Crippen molar-refractivity contribution in [3.05, 3.63) is 59.7 Å². The van der Waals surface area contributed by atoms with Gasteiger partial charge >= 0.3 is 0 Å². The number of nitrogens with one attached hydrogen (secondary N) is 3. The van der Waals surface area contributed by atoms with Crippen molar-refractivity contribution in [2.24, 2.45) is 4.99 Å². The Kier molecular flexibility index (Phi) is 10.3. The lowest BCUT2D eigenvalue weighted by molar-refractivity contribution is -0.114. The van der Waals surface area contributed by atoms with Gasteiger partial charge in [0.1, 0.15) is 6.54 Å². The number of amides is 1. The van der Waals surface area contributed by atoms with Crippen molar-refractivity contribution >= 4 is 41.5 Å². The maximum atomic E-state index is 13.6. The molecule has 1 amide bonds. The Bertz CT molecular complexity index is 805. The molecule has 0 atom stereocenters. The van der Waals surface area contributed by atoms with E-state index in [0.29, 0.717) is 25.5 Å². The van der Waals surface area contributed by atoms with Crippen LogP contribution >= 0.6 is 24.0 Å². The monoisotopic (exact) mass is 507 g/mol. The molecule has 28 heavy (non-hydrogen) atoms. The summed E-state index contributed by atoms with van der Waals surface area (Å²) in [4.78, 5) is 20.2. The summed E-state index contributed by atoms with van der Waals surface area (Å²) in [5.74, 6) is -4.68. The van der Waals surface area contributed by atoms with Crippen LogP contribution in [0.3, 0.4) is 0 Å². The molecule has 0 aliphatic carbocycles. The molecule has 6 nitrogen and oxygen atoms in total. The van der Waals surface area contributed by atoms with Crippen LogP contribution in [0.2, 0.25) is 0 Å². The summed E-state index contributed by atoms with van der Waals surface area (Å²) in [6, 6.07) is 7.31. The molecule has 3 N–H and O–H groups in total. The molecule has 1 heterocycles. The lowest BCUT2D eigenvalue weighted by Gasteiger charge is -2.11. The minimum atomic E-state index is -1.64. The summed E-state index contributed by atoms with van der Waals surface area (Å²) >= 11 is 0. The third-order valence-corrected chi connectivity index (χ3v) is 3.43. The highest BCUT2D eigenvalue weighted by atomic mass is 127. The van der Waals surface area contributed by atoms with Gasteiger partial charge in [0, 0.05) is 31.4 Å². The Hall–Kier alpha value is -2.37. The zero-order valence-corrected chi connectivity index (χ0v) is 17.5. The number of benzene rings is 1. The van der Waals surface area contributed by atoms with Gasteiger partial charge in [0.2, 0.25) is 5.91 Å². The topological polar surface area (TPSA) is 78.4 Å². The molecule has 0 saturated heterocycles. The molecule has 0 unspecified atom stereocenters. The Labute approximate surface area is 178 Å². The van der Waals surface area contributed by atoms with E-state index in [1.165, 1.54) is 0 Å². The minimum Gasteiger partial charge on any atom is -0.357 e. The number of pyridine rings is 1. The van der Waals surface area contributed by atoms with Gasteiger partial charge < -0.3 is 16.0 Å². The van der Waals surface area contributed by atoms with Crippen molar-refractivity contribution in [2.75, 3.05) is 25.0 Å². The number of rotatable bonds is 7. The summed E-state index contributed by atoms with van der Waals surface area (Å²) in [6.07, 6.45) is 2.37. The highest BCUT2D eigenvalue weighted by molar-refractivity contribution is 14.0. The SMILES string of the molecule is CCNC(=NCC(=O)Nc1ccc(F)c(F)c1F)NCCc1ccccn1.I. The molecule has 0 fully saturated rings. The van der Waals surface area contributed by atoms with E-state index in [1.807, 2.05) is 25.1 Å². The van der Waals surface area contributed by atoms with Gasteiger partial charge in [0.05, 0.1) is 5.69 Å². The summed E-state index contributed by atoms with van der Waals surface area (Å²) in [5, 5.41) is 8.19. The Balaban J connectivity index is 0.00000392. The Morgan fingerprint density at radius 1 is 1.11 bits per heavy atom. The molecule has 0 aliphatic rings. The molecule has 152 valence electrons. The molecule has 1 aromatic heterocycles. The van der Waals surface area contributed by atoms with Crippen molar-refractivity contribution in [3.63, 3.8) is 0 Å². The average molecular weight is 507 g/mol. The van der Waals surface area contributed by atoms with Gasteiger partial charge in [-0.2, -0.15) is 0 Å². The molecule has 10 heteroatoms. The lowest BCUT2D eigenvalue weighted by Crippen LogP contribution is -2.39. The maximum Gasteiger partial charge on any atom is 0.246 e. The molecule has 2 aromatic rings. The van der Waals surface area contributed by atoms with Crippen LogP contribution in [-0.2, 0) is 11.2 Å². The maximum absolute atomic E-state index is 13.6. The molecule has 0 radical (unpaired) electrons. The fourth-order valence-corrected chi connectivity index (χ4v) is 2.16. The van der Waals surface area contributed by atoms with Crippen molar-refractivity contribution in [1.82, 2.24) is 15.6 Å². The second-order valence-corrected chi connectivity index (χ2v) is 5.46. The second-order valence-electron chi connectivity index (χ2n) is 5.46. The van der Waals surface area contributed by atoms with Crippen molar-refractivity contribution in [2.45, 2.75) is 13.3 Å². The van der Waals surface area contributed by atoms with Gasteiger partial charge in [-0.3, -0.25) is 9.78 Å². The quantitative estimate of drug-likeness (QED) is 0.233. The third-order valence-electron chi connectivity index (χ3n) is 3.43. The first kappa shape index (κ1) is 23.7.